The van der Waals surface area contributed by atoms with Crippen LogP contribution in [-0.2, 0) is 13.0 Å². The van der Waals surface area contributed by atoms with Crippen LogP contribution in [0.4, 0.5) is 0 Å². The maximum atomic E-state index is 9.79. The molecule has 1 unspecified atom stereocenters. The number of aliphatic hydroxyl groups excluding tert-OH is 1. The van der Waals surface area contributed by atoms with Crippen molar-refractivity contribution in [3.8, 4) is 22.5 Å². The van der Waals surface area contributed by atoms with Crippen LogP contribution in [0.1, 0.15) is 31.7 Å². The molecule has 0 saturated heterocycles. The third-order valence-electron chi connectivity index (χ3n) is 4.31. The fourth-order valence-corrected chi connectivity index (χ4v) is 2.79. The summed E-state index contributed by atoms with van der Waals surface area (Å²) in [5.74, 6) is 0.774. The van der Waals surface area contributed by atoms with Crippen LogP contribution >= 0.6 is 0 Å². The average molecular weight is 336 g/mol. The predicted molar refractivity (Wildman–Crippen MR) is 99.1 cm³/mol. The minimum Gasteiger partial charge on any atom is -0.391 e. The van der Waals surface area contributed by atoms with Gasteiger partial charge in [-0.25, -0.2) is 9.97 Å². The molecule has 0 spiro atoms. The number of aromatic nitrogens is 4. The van der Waals surface area contributed by atoms with E-state index in [2.05, 4.69) is 34.1 Å². The number of aryl methyl sites for hydroxylation is 2. The van der Waals surface area contributed by atoms with Gasteiger partial charge in [0, 0.05) is 23.5 Å². The molecule has 0 bridgehead atoms. The van der Waals surface area contributed by atoms with Crippen LogP contribution in [0.5, 0.6) is 0 Å². The zero-order chi connectivity index (χ0) is 17.8. The third-order valence-corrected chi connectivity index (χ3v) is 4.31. The molecule has 0 amide bonds. The predicted octanol–water partition coefficient (Wildman–Crippen LogP) is 3.65. The fourth-order valence-electron chi connectivity index (χ4n) is 2.79. The normalized spacial score (nSPS) is 12.3. The molecule has 2 aromatic heterocycles. The highest BCUT2D eigenvalue weighted by Crippen LogP contribution is 2.26. The number of nitrogens with zero attached hydrogens (tertiary/aromatic N) is 4. The largest absolute Gasteiger partial charge is 0.391 e. The van der Waals surface area contributed by atoms with Gasteiger partial charge in [-0.2, -0.15) is 5.10 Å². The molecular weight excluding hydrogens is 312 g/mol. The Balaban J connectivity index is 1.94. The molecule has 3 rings (SSSR count). The smallest absolute Gasteiger partial charge is 0.125 e. The summed E-state index contributed by atoms with van der Waals surface area (Å²) in [5.41, 5.74) is 5.13. The number of benzene rings is 1. The first kappa shape index (κ1) is 17.3. The van der Waals surface area contributed by atoms with E-state index < -0.39 is 0 Å². The lowest BCUT2D eigenvalue weighted by Crippen LogP contribution is -2.14. The monoisotopic (exact) mass is 336 g/mol. The van der Waals surface area contributed by atoms with Gasteiger partial charge in [0.25, 0.3) is 0 Å². The van der Waals surface area contributed by atoms with Gasteiger partial charge in [0.05, 0.1) is 24.0 Å². The summed E-state index contributed by atoms with van der Waals surface area (Å²) in [4.78, 5) is 8.94. The molecule has 0 aliphatic rings. The molecule has 0 saturated carbocycles. The molecule has 0 fully saturated rings. The van der Waals surface area contributed by atoms with E-state index in [-0.39, 0.29) is 6.10 Å². The van der Waals surface area contributed by atoms with Crippen molar-refractivity contribution >= 4 is 0 Å². The standard InChI is InChI=1S/C20H24N4O/c1-4-15-12-21-14(3)22-20(15)17-8-6-7-16(11-17)19-9-10-24(23-19)13-18(25)5-2/h6-12,18,25H,4-5,13H2,1-3H3. The van der Waals surface area contributed by atoms with Crippen molar-refractivity contribution in [2.24, 2.45) is 0 Å². The van der Waals surface area contributed by atoms with Crippen LogP contribution in [0.25, 0.3) is 22.5 Å². The number of hydrogen-bond acceptors (Lipinski definition) is 4. The summed E-state index contributed by atoms with van der Waals surface area (Å²) < 4.78 is 1.79. The van der Waals surface area contributed by atoms with Gasteiger partial charge < -0.3 is 5.11 Å². The Kier molecular flexibility index (Phi) is 5.24. The summed E-state index contributed by atoms with van der Waals surface area (Å²) in [6.07, 6.45) is 5.06. The topological polar surface area (TPSA) is 63.8 Å². The van der Waals surface area contributed by atoms with Gasteiger partial charge in [-0.3, -0.25) is 4.68 Å². The van der Waals surface area contributed by atoms with Crippen LogP contribution in [0.3, 0.4) is 0 Å². The first-order valence-corrected chi connectivity index (χ1v) is 8.75. The molecule has 0 aliphatic heterocycles. The van der Waals surface area contributed by atoms with Gasteiger partial charge in [0.2, 0.25) is 0 Å². The van der Waals surface area contributed by atoms with E-state index in [1.54, 1.807) is 4.68 Å². The molecule has 1 aromatic carbocycles. The average Bonchev–Trinajstić information content (AvgIpc) is 3.10. The Morgan fingerprint density at radius 2 is 1.96 bits per heavy atom. The molecule has 5 heteroatoms. The zero-order valence-corrected chi connectivity index (χ0v) is 15.0. The molecule has 5 nitrogen and oxygen atoms in total. The molecule has 25 heavy (non-hydrogen) atoms. The fraction of sp³-hybridized carbons (Fsp3) is 0.350. The van der Waals surface area contributed by atoms with Crippen molar-refractivity contribution in [2.75, 3.05) is 0 Å². The van der Waals surface area contributed by atoms with Crippen molar-refractivity contribution in [1.82, 2.24) is 19.7 Å². The minimum absolute atomic E-state index is 0.366. The Labute approximate surface area is 148 Å². The highest BCUT2D eigenvalue weighted by molar-refractivity contribution is 5.70. The molecule has 0 radical (unpaired) electrons. The lowest BCUT2D eigenvalue weighted by Gasteiger charge is -2.09. The Morgan fingerprint density at radius 1 is 1.16 bits per heavy atom. The lowest BCUT2D eigenvalue weighted by atomic mass is 10.0. The second-order valence-electron chi connectivity index (χ2n) is 6.21. The molecule has 130 valence electrons. The van der Waals surface area contributed by atoms with Crippen LogP contribution in [0.2, 0.25) is 0 Å². The van der Waals surface area contributed by atoms with Crippen molar-refractivity contribution in [3.05, 3.63) is 54.1 Å². The maximum Gasteiger partial charge on any atom is 0.125 e. The molecule has 0 aliphatic carbocycles. The van der Waals surface area contributed by atoms with E-state index >= 15 is 0 Å². The zero-order valence-electron chi connectivity index (χ0n) is 15.0. The van der Waals surface area contributed by atoms with Gasteiger partial charge in [-0.15, -0.1) is 0 Å². The molecular formula is C20H24N4O. The number of rotatable bonds is 6. The van der Waals surface area contributed by atoms with E-state index in [4.69, 9.17) is 0 Å². The SMILES string of the molecule is CCc1cnc(C)nc1-c1cccc(-c2ccn(CC(O)CC)n2)c1. The maximum absolute atomic E-state index is 9.79. The number of aliphatic hydroxyl groups is 1. The molecule has 1 N–H and O–H groups in total. The van der Waals surface area contributed by atoms with E-state index in [0.717, 1.165) is 46.7 Å². The second-order valence-corrected chi connectivity index (χ2v) is 6.21. The molecule has 3 aromatic rings. The van der Waals surface area contributed by atoms with Crippen LogP contribution in [0, 0.1) is 6.92 Å². The quantitative estimate of drug-likeness (QED) is 0.746. The van der Waals surface area contributed by atoms with Crippen LogP contribution < -0.4 is 0 Å². The summed E-state index contributed by atoms with van der Waals surface area (Å²) in [5, 5.41) is 14.4. The van der Waals surface area contributed by atoms with Gasteiger partial charge in [-0.05, 0) is 37.5 Å². The molecule has 2 heterocycles. The van der Waals surface area contributed by atoms with Crippen molar-refractivity contribution in [3.63, 3.8) is 0 Å². The van der Waals surface area contributed by atoms with Crippen molar-refractivity contribution in [1.29, 1.82) is 0 Å². The van der Waals surface area contributed by atoms with E-state index in [9.17, 15) is 5.11 Å². The highest BCUT2D eigenvalue weighted by Gasteiger charge is 2.10. The van der Waals surface area contributed by atoms with E-state index in [1.807, 2.05) is 44.4 Å². The summed E-state index contributed by atoms with van der Waals surface area (Å²) in [6, 6.07) is 10.2. The summed E-state index contributed by atoms with van der Waals surface area (Å²) >= 11 is 0. The van der Waals surface area contributed by atoms with Crippen molar-refractivity contribution in [2.45, 2.75) is 46.3 Å². The number of hydrogen-bond donors (Lipinski definition) is 1. The van der Waals surface area contributed by atoms with E-state index in [0.29, 0.717) is 6.54 Å². The summed E-state index contributed by atoms with van der Waals surface area (Å²) in [7, 11) is 0. The first-order valence-electron chi connectivity index (χ1n) is 8.75. The lowest BCUT2D eigenvalue weighted by molar-refractivity contribution is 0.145. The first-order chi connectivity index (χ1) is 12.1. The Bertz CT molecular complexity index is 856. The van der Waals surface area contributed by atoms with Crippen LogP contribution in [0.15, 0.2) is 42.7 Å². The van der Waals surface area contributed by atoms with Gasteiger partial charge in [0.15, 0.2) is 0 Å². The second kappa shape index (κ2) is 7.57. The van der Waals surface area contributed by atoms with Gasteiger partial charge in [-0.1, -0.05) is 32.0 Å². The third kappa shape index (κ3) is 3.94. The van der Waals surface area contributed by atoms with Gasteiger partial charge >= 0.3 is 0 Å². The Hall–Kier alpha value is -2.53. The van der Waals surface area contributed by atoms with Crippen molar-refractivity contribution < 1.29 is 5.11 Å². The highest BCUT2D eigenvalue weighted by atomic mass is 16.3. The Morgan fingerprint density at radius 3 is 2.72 bits per heavy atom. The van der Waals surface area contributed by atoms with Crippen LogP contribution in [-0.4, -0.2) is 31.0 Å². The molecule has 1 atom stereocenters. The van der Waals surface area contributed by atoms with E-state index in [1.165, 1.54) is 0 Å². The van der Waals surface area contributed by atoms with Gasteiger partial charge in [0.1, 0.15) is 5.82 Å². The summed E-state index contributed by atoms with van der Waals surface area (Å²) in [6.45, 7) is 6.50. The minimum atomic E-state index is -0.366.